The number of rotatable bonds is 7. The lowest BCUT2D eigenvalue weighted by Crippen LogP contribution is -2.30. The molecule has 144 valence electrons. The van der Waals surface area contributed by atoms with Crippen molar-refractivity contribution in [1.29, 1.82) is 0 Å². The predicted molar refractivity (Wildman–Crippen MR) is 101 cm³/mol. The molecule has 1 atom stereocenters. The van der Waals surface area contributed by atoms with Crippen LogP contribution in [-0.2, 0) is 19.6 Å². The van der Waals surface area contributed by atoms with Crippen molar-refractivity contribution >= 4 is 33.3 Å². The second kappa shape index (κ2) is 8.54. The molecule has 0 unspecified atom stereocenters. The smallest absolute Gasteiger partial charge is 0.341 e. The highest BCUT2D eigenvalue weighted by Gasteiger charge is 2.21. The van der Waals surface area contributed by atoms with Crippen LogP contribution in [0.15, 0.2) is 48.5 Å². The molecule has 2 N–H and O–H groups in total. The molecule has 0 spiro atoms. The summed E-state index contributed by atoms with van der Waals surface area (Å²) in [7, 11) is -2.07. The van der Waals surface area contributed by atoms with Crippen molar-refractivity contribution in [3.8, 4) is 5.75 Å². The number of hydrogen-bond acceptors (Lipinski definition) is 6. The first-order chi connectivity index (χ1) is 12.7. The zero-order chi connectivity index (χ0) is 20.0. The molecule has 8 nitrogen and oxygen atoms in total. The zero-order valence-corrected chi connectivity index (χ0v) is 15.9. The first kappa shape index (κ1) is 20.2. The number of esters is 1. The third-order valence-corrected chi connectivity index (χ3v) is 4.02. The molecule has 0 aliphatic carbocycles. The summed E-state index contributed by atoms with van der Waals surface area (Å²) in [6.07, 6.45) is -0.130. The summed E-state index contributed by atoms with van der Waals surface area (Å²) in [5.74, 6) is -0.793. The van der Waals surface area contributed by atoms with Gasteiger partial charge in [0.05, 0.1) is 24.6 Å². The minimum Gasteiger partial charge on any atom is -0.497 e. The van der Waals surface area contributed by atoms with Crippen LogP contribution in [0.4, 0.5) is 11.4 Å². The molecule has 2 rings (SSSR count). The third-order valence-electron chi connectivity index (χ3n) is 3.43. The Balaban J connectivity index is 2.08. The number of nitrogens with one attached hydrogen (secondary N) is 2. The summed E-state index contributed by atoms with van der Waals surface area (Å²) < 4.78 is 35.3. The van der Waals surface area contributed by atoms with E-state index in [-0.39, 0.29) is 11.3 Å². The van der Waals surface area contributed by atoms with Gasteiger partial charge in [-0.05, 0) is 31.2 Å². The van der Waals surface area contributed by atoms with Gasteiger partial charge in [-0.25, -0.2) is 13.2 Å². The number of hydrogen-bond donors (Lipinski definition) is 2. The molecule has 0 aromatic heterocycles. The Bertz CT molecular complexity index is 942. The molecular weight excluding hydrogens is 372 g/mol. The van der Waals surface area contributed by atoms with Gasteiger partial charge in [-0.2, -0.15) is 0 Å². The Labute approximate surface area is 157 Å². The van der Waals surface area contributed by atoms with E-state index in [2.05, 4.69) is 10.0 Å². The minimum absolute atomic E-state index is 0.00366. The number of para-hydroxylation sites is 1. The number of carbonyl (C=O) groups excluding carboxylic acids is 2. The maximum absolute atomic E-state index is 12.4. The lowest BCUT2D eigenvalue weighted by molar-refractivity contribution is -0.123. The molecule has 2 aromatic rings. The van der Waals surface area contributed by atoms with Crippen LogP contribution in [0.25, 0.3) is 0 Å². The summed E-state index contributed by atoms with van der Waals surface area (Å²) in [4.78, 5) is 24.6. The second-order valence-corrected chi connectivity index (χ2v) is 7.44. The van der Waals surface area contributed by atoms with Crippen LogP contribution < -0.4 is 14.8 Å². The molecule has 1 amide bonds. The van der Waals surface area contributed by atoms with E-state index in [1.54, 1.807) is 36.4 Å². The van der Waals surface area contributed by atoms with Crippen molar-refractivity contribution < 1.29 is 27.5 Å². The maximum Gasteiger partial charge on any atom is 0.341 e. The standard InChI is InChI=1S/C18H20N2O6S/c1-12(17(21)19-13-7-6-8-14(11-13)25-2)26-18(22)15-9-4-5-10-16(15)20-27(3,23)24/h4-12,20H,1-3H3,(H,19,21)/t12-/m0/s1. The Morgan fingerprint density at radius 1 is 1.07 bits per heavy atom. The van der Waals surface area contributed by atoms with Gasteiger partial charge in [0.1, 0.15) is 5.75 Å². The summed E-state index contributed by atoms with van der Waals surface area (Å²) in [5, 5.41) is 2.62. The first-order valence-electron chi connectivity index (χ1n) is 7.92. The van der Waals surface area contributed by atoms with E-state index in [0.717, 1.165) is 6.26 Å². The van der Waals surface area contributed by atoms with Gasteiger partial charge in [0.2, 0.25) is 10.0 Å². The van der Waals surface area contributed by atoms with Crippen molar-refractivity contribution in [2.75, 3.05) is 23.4 Å². The SMILES string of the molecule is COc1cccc(NC(=O)[C@H](C)OC(=O)c2ccccc2NS(C)(=O)=O)c1. The number of ether oxygens (including phenoxy) is 2. The topological polar surface area (TPSA) is 111 Å². The average Bonchev–Trinajstić information content (AvgIpc) is 2.60. The molecule has 0 bridgehead atoms. The molecule has 2 aromatic carbocycles. The maximum atomic E-state index is 12.4. The predicted octanol–water partition coefficient (Wildman–Crippen LogP) is 2.25. The van der Waals surface area contributed by atoms with Crippen molar-refractivity contribution in [3.63, 3.8) is 0 Å². The Hall–Kier alpha value is -3.07. The van der Waals surface area contributed by atoms with Gasteiger partial charge in [0.25, 0.3) is 5.91 Å². The van der Waals surface area contributed by atoms with E-state index in [1.807, 2.05) is 0 Å². The normalized spacial score (nSPS) is 12.0. The van der Waals surface area contributed by atoms with Crippen LogP contribution in [0.1, 0.15) is 17.3 Å². The van der Waals surface area contributed by atoms with E-state index < -0.39 is 28.0 Å². The molecule has 27 heavy (non-hydrogen) atoms. The van der Waals surface area contributed by atoms with Gasteiger partial charge >= 0.3 is 5.97 Å². The third kappa shape index (κ3) is 6.00. The van der Waals surface area contributed by atoms with Crippen LogP contribution >= 0.6 is 0 Å². The van der Waals surface area contributed by atoms with Crippen LogP contribution in [-0.4, -0.2) is 39.8 Å². The van der Waals surface area contributed by atoms with E-state index in [9.17, 15) is 18.0 Å². The van der Waals surface area contributed by atoms with Gasteiger partial charge in [-0.1, -0.05) is 18.2 Å². The van der Waals surface area contributed by atoms with E-state index in [1.165, 1.54) is 26.2 Å². The average molecular weight is 392 g/mol. The summed E-state index contributed by atoms with van der Waals surface area (Å²) in [6, 6.07) is 12.7. The Kier molecular flexibility index (Phi) is 6.40. The van der Waals surface area contributed by atoms with Crippen LogP contribution in [0.2, 0.25) is 0 Å². The number of amides is 1. The number of sulfonamides is 1. The lowest BCUT2D eigenvalue weighted by Gasteiger charge is -2.15. The molecule has 9 heteroatoms. The van der Waals surface area contributed by atoms with Crippen molar-refractivity contribution in [2.24, 2.45) is 0 Å². The number of anilines is 2. The van der Waals surface area contributed by atoms with Gasteiger partial charge < -0.3 is 14.8 Å². The molecule has 0 radical (unpaired) electrons. The van der Waals surface area contributed by atoms with Crippen LogP contribution in [0.5, 0.6) is 5.75 Å². The largest absolute Gasteiger partial charge is 0.497 e. The summed E-state index contributed by atoms with van der Waals surface area (Å²) in [6.45, 7) is 1.42. The van der Waals surface area contributed by atoms with E-state index >= 15 is 0 Å². The lowest BCUT2D eigenvalue weighted by atomic mass is 10.2. The minimum atomic E-state index is -3.57. The fourth-order valence-electron chi connectivity index (χ4n) is 2.17. The molecule has 0 heterocycles. The highest BCUT2D eigenvalue weighted by molar-refractivity contribution is 7.92. The number of benzene rings is 2. The number of carbonyl (C=O) groups is 2. The quantitative estimate of drug-likeness (QED) is 0.699. The summed E-state index contributed by atoms with van der Waals surface area (Å²) in [5.41, 5.74) is 0.566. The zero-order valence-electron chi connectivity index (χ0n) is 15.1. The van der Waals surface area contributed by atoms with Gasteiger partial charge in [-0.15, -0.1) is 0 Å². The molecule has 0 saturated carbocycles. The van der Waals surface area contributed by atoms with E-state index in [4.69, 9.17) is 9.47 Å². The fraction of sp³-hybridized carbons (Fsp3) is 0.222. The highest BCUT2D eigenvalue weighted by atomic mass is 32.2. The number of methoxy groups -OCH3 is 1. The molecular formula is C18H20N2O6S. The highest BCUT2D eigenvalue weighted by Crippen LogP contribution is 2.19. The molecule has 0 aliphatic heterocycles. The van der Waals surface area contributed by atoms with Crippen molar-refractivity contribution in [2.45, 2.75) is 13.0 Å². The first-order valence-corrected chi connectivity index (χ1v) is 9.81. The monoisotopic (exact) mass is 392 g/mol. The van der Waals surface area contributed by atoms with Gasteiger partial charge in [0.15, 0.2) is 6.10 Å². The fourth-order valence-corrected chi connectivity index (χ4v) is 2.75. The van der Waals surface area contributed by atoms with Crippen molar-refractivity contribution in [1.82, 2.24) is 0 Å². The molecule has 0 fully saturated rings. The molecule has 0 saturated heterocycles. The molecule has 0 aliphatic rings. The Morgan fingerprint density at radius 2 is 1.78 bits per heavy atom. The van der Waals surface area contributed by atoms with Gasteiger partial charge in [0, 0.05) is 11.8 Å². The second-order valence-electron chi connectivity index (χ2n) is 5.69. The van der Waals surface area contributed by atoms with Crippen molar-refractivity contribution in [3.05, 3.63) is 54.1 Å². The van der Waals surface area contributed by atoms with Crippen LogP contribution in [0.3, 0.4) is 0 Å². The summed E-state index contributed by atoms with van der Waals surface area (Å²) >= 11 is 0. The Morgan fingerprint density at radius 3 is 2.44 bits per heavy atom. The van der Waals surface area contributed by atoms with Gasteiger partial charge in [-0.3, -0.25) is 9.52 Å². The van der Waals surface area contributed by atoms with E-state index in [0.29, 0.717) is 11.4 Å². The van der Waals surface area contributed by atoms with Crippen LogP contribution in [0, 0.1) is 0 Å².